The monoisotopic (exact) mass is 258 g/mol. The largest absolute Gasteiger partial charge is 0.489 e. The number of hydrogen-bond acceptors (Lipinski definition) is 3. The molecule has 0 spiro atoms. The number of H-pyrrole nitrogens is 1. The van der Waals surface area contributed by atoms with E-state index in [0.29, 0.717) is 17.0 Å². The van der Waals surface area contributed by atoms with Crippen LogP contribution in [0.3, 0.4) is 0 Å². The molecule has 0 aliphatic carbocycles. The fourth-order valence-corrected chi connectivity index (χ4v) is 1.67. The Kier molecular flexibility index (Phi) is 3.62. The summed E-state index contributed by atoms with van der Waals surface area (Å²) in [7, 11) is 0. The third-order valence-corrected chi connectivity index (χ3v) is 2.54. The minimum absolute atomic E-state index is 0.103. The highest BCUT2D eigenvalue weighted by atomic mass is 19.1. The number of nitriles is 1. The third kappa shape index (κ3) is 3.19. The van der Waals surface area contributed by atoms with Gasteiger partial charge in [-0.2, -0.15) is 5.26 Å². The number of aryl methyl sites for hydroxylation is 1. The molecule has 0 aliphatic heterocycles. The fourth-order valence-electron chi connectivity index (χ4n) is 1.67. The van der Waals surface area contributed by atoms with Crippen molar-refractivity contribution in [1.82, 2.24) is 4.98 Å². The van der Waals surface area contributed by atoms with Crippen LogP contribution in [0.4, 0.5) is 4.39 Å². The molecule has 0 fully saturated rings. The van der Waals surface area contributed by atoms with E-state index in [2.05, 4.69) is 4.98 Å². The van der Waals surface area contributed by atoms with Gasteiger partial charge in [0.2, 0.25) is 0 Å². The Hall–Kier alpha value is -2.61. The number of halogens is 1. The van der Waals surface area contributed by atoms with Crippen LogP contribution in [-0.2, 0) is 6.61 Å². The van der Waals surface area contributed by atoms with Crippen molar-refractivity contribution in [3.8, 4) is 11.8 Å². The second-order valence-corrected chi connectivity index (χ2v) is 4.07. The predicted molar refractivity (Wildman–Crippen MR) is 67.2 cm³/mol. The van der Waals surface area contributed by atoms with Crippen LogP contribution in [-0.4, -0.2) is 4.98 Å². The molecule has 0 saturated carbocycles. The molecule has 1 aromatic carbocycles. The molecular weight excluding hydrogens is 247 g/mol. The maximum Gasteiger partial charge on any atom is 0.251 e. The first-order chi connectivity index (χ1) is 9.08. The number of pyridine rings is 1. The van der Waals surface area contributed by atoms with Crippen LogP contribution in [0, 0.1) is 24.1 Å². The number of aromatic nitrogens is 1. The minimum atomic E-state index is -0.465. The fraction of sp³-hybridized carbons (Fsp3) is 0.143. The van der Waals surface area contributed by atoms with Gasteiger partial charge >= 0.3 is 0 Å². The molecule has 1 aromatic heterocycles. The zero-order chi connectivity index (χ0) is 13.8. The highest BCUT2D eigenvalue weighted by Crippen LogP contribution is 2.15. The Morgan fingerprint density at radius 3 is 2.84 bits per heavy atom. The summed E-state index contributed by atoms with van der Waals surface area (Å²) < 4.78 is 18.4. The van der Waals surface area contributed by atoms with E-state index in [4.69, 9.17) is 10.00 Å². The lowest BCUT2D eigenvalue weighted by molar-refractivity contribution is 0.305. The van der Waals surface area contributed by atoms with E-state index in [1.165, 1.54) is 18.2 Å². The molecule has 2 aromatic rings. The summed E-state index contributed by atoms with van der Waals surface area (Å²) in [5, 5.41) is 8.90. The molecule has 4 nitrogen and oxygen atoms in total. The van der Waals surface area contributed by atoms with Gasteiger partial charge in [0.1, 0.15) is 18.2 Å². The summed E-state index contributed by atoms with van der Waals surface area (Å²) in [5.41, 5.74) is 1.22. The maximum absolute atomic E-state index is 13.0. The van der Waals surface area contributed by atoms with Crippen molar-refractivity contribution in [2.24, 2.45) is 0 Å². The number of ether oxygens (including phenoxy) is 1. The van der Waals surface area contributed by atoms with E-state index in [1.54, 1.807) is 13.0 Å². The van der Waals surface area contributed by atoms with Crippen LogP contribution in [0.2, 0.25) is 0 Å². The van der Waals surface area contributed by atoms with E-state index in [0.717, 1.165) is 6.07 Å². The normalized spacial score (nSPS) is 9.95. The molecule has 0 amide bonds. The zero-order valence-corrected chi connectivity index (χ0v) is 10.2. The first-order valence-corrected chi connectivity index (χ1v) is 5.61. The van der Waals surface area contributed by atoms with E-state index < -0.39 is 5.82 Å². The van der Waals surface area contributed by atoms with Gasteiger partial charge in [0.05, 0.1) is 11.6 Å². The highest BCUT2D eigenvalue weighted by Gasteiger charge is 2.05. The summed E-state index contributed by atoms with van der Waals surface area (Å²) in [5.74, 6) is -0.0539. The standard InChI is InChI=1S/C14H11FN2O2/c1-9-4-13(6-14(18)17-9)19-8-10-2-3-12(15)5-11(10)7-16/h2-6H,8H2,1H3,(H,17,18). The topological polar surface area (TPSA) is 65.9 Å². The molecule has 0 bridgehead atoms. The van der Waals surface area contributed by atoms with Crippen LogP contribution in [0.5, 0.6) is 5.75 Å². The van der Waals surface area contributed by atoms with Crippen LogP contribution >= 0.6 is 0 Å². The van der Waals surface area contributed by atoms with Gasteiger partial charge < -0.3 is 9.72 Å². The minimum Gasteiger partial charge on any atom is -0.489 e. The van der Waals surface area contributed by atoms with Crippen molar-refractivity contribution in [3.63, 3.8) is 0 Å². The Morgan fingerprint density at radius 1 is 1.37 bits per heavy atom. The average Bonchev–Trinajstić information content (AvgIpc) is 2.36. The van der Waals surface area contributed by atoms with Gasteiger partial charge in [0.15, 0.2) is 0 Å². The molecule has 0 aliphatic rings. The van der Waals surface area contributed by atoms with Crippen molar-refractivity contribution < 1.29 is 9.13 Å². The Bertz CT molecular complexity index is 701. The van der Waals surface area contributed by atoms with Gasteiger partial charge in [-0.1, -0.05) is 6.07 Å². The molecule has 96 valence electrons. The summed E-state index contributed by atoms with van der Waals surface area (Å²) in [6.07, 6.45) is 0. The Morgan fingerprint density at radius 2 is 2.16 bits per heavy atom. The third-order valence-electron chi connectivity index (χ3n) is 2.54. The van der Waals surface area contributed by atoms with Crippen LogP contribution < -0.4 is 10.3 Å². The summed E-state index contributed by atoms with van der Waals surface area (Å²) in [4.78, 5) is 13.9. The predicted octanol–water partition coefficient (Wildman–Crippen LogP) is 2.27. The first kappa shape index (κ1) is 12.8. The number of hydrogen-bond donors (Lipinski definition) is 1. The molecule has 0 radical (unpaired) electrons. The lowest BCUT2D eigenvalue weighted by Crippen LogP contribution is -2.07. The molecule has 0 atom stereocenters. The smallest absolute Gasteiger partial charge is 0.251 e. The summed E-state index contributed by atoms with van der Waals surface area (Å²) in [6.45, 7) is 1.85. The van der Waals surface area contributed by atoms with Crippen LogP contribution in [0.1, 0.15) is 16.8 Å². The molecule has 0 unspecified atom stereocenters. The number of rotatable bonds is 3. The molecule has 5 heteroatoms. The van der Waals surface area contributed by atoms with E-state index in [9.17, 15) is 9.18 Å². The quantitative estimate of drug-likeness (QED) is 0.918. The maximum atomic E-state index is 13.0. The van der Waals surface area contributed by atoms with Gasteiger partial charge in [0.25, 0.3) is 5.56 Å². The Labute approximate surface area is 109 Å². The second kappa shape index (κ2) is 5.36. The number of benzene rings is 1. The van der Waals surface area contributed by atoms with Crippen molar-refractivity contribution in [3.05, 3.63) is 63.3 Å². The molecule has 1 N–H and O–H groups in total. The average molecular weight is 258 g/mol. The van der Waals surface area contributed by atoms with Crippen molar-refractivity contribution in [2.75, 3.05) is 0 Å². The molecule has 1 heterocycles. The molecule has 0 saturated heterocycles. The SMILES string of the molecule is Cc1cc(OCc2ccc(F)cc2C#N)cc(=O)[nH]1. The van der Waals surface area contributed by atoms with Crippen molar-refractivity contribution in [1.29, 1.82) is 5.26 Å². The van der Waals surface area contributed by atoms with Gasteiger partial charge in [-0.05, 0) is 25.1 Å². The lowest BCUT2D eigenvalue weighted by Gasteiger charge is -2.08. The Balaban J connectivity index is 2.19. The first-order valence-electron chi connectivity index (χ1n) is 5.61. The van der Waals surface area contributed by atoms with Gasteiger partial charge in [-0.15, -0.1) is 0 Å². The molecular formula is C14H11FN2O2. The number of nitrogens with one attached hydrogen (secondary N) is 1. The zero-order valence-electron chi connectivity index (χ0n) is 10.2. The summed E-state index contributed by atoms with van der Waals surface area (Å²) >= 11 is 0. The van der Waals surface area contributed by atoms with Gasteiger partial charge in [-0.3, -0.25) is 4.79 Å². The second-order valence-electron chi connectivity index (χ2n) is 4.07. The van der Waals surface area contributed by atoms with Crippen molar-refractivity contribution >= 4 is 0 Å². The number of nitrogens with zero attached hydrogens (tertiary/aromatic N) is 1. The lowest BCUT2D eigenvalue weighted by atomic mass is 10.1. The van der Waals surface area contributed by atoms with Gasteiger partial charge in [-0.25, -0.2) is 4.39 Å². The van der Waals surface area contributed by atoms with Crippen molar-refractivity contribution in [2.45, 2.75) is 13.5 Å². The molecule has 2 rings (SSSR count). The van der Waals surface area contributed by atoms with E-state index in [1.807, 2.05) is 6.07 Å². The van der Waals surface area contributed by atoms with E-state index in [-0.39, 0.29) is 17.7 Å². The number of aromatic amines is 1. The van der Waals surface area contributed by atoms with Crippen LogP contribution in [0.25, 0.3) is 0 Å². The summed E-state index contributed by atoms with van der Waals surface area (Å²) in [6, 6.07) is 8.82. The highest BCUT2D eigenvalue weighted by molar-refractivity contribution is 5.38. The van der Waals surface area contributed by atoms with Crippen LogP contribution in [0.15, 0.2) is 35.1 Å². The van der Waals surface area contributed by atoms with Gasteiger partial charge in [0, 0.05) is 17.3 Å². The molecule has 19 heavy (non-hydrogen) atoms. The van der Waals surface area contributed by atoms with E-state index >= 15 is 0 Å².